The lowest BCUT2D eigenvalue weighted by atomic mass is 10.2. The van der Waals surface area contributed by atoms with Gasteiger partial charge in [-0.25, -0.2) is 4.39 Å². The summed E-state index contributed by atoms with van der Waals surface area (Å²) in [6.07, 6.45) is 0.334. The molecule has 0 bridgehead atoms. The maximum absolute atomic E-state index is 13.5. The molecule has 1 aromatic heterocycles. The SMILES string of the molecule is N#CCc1cc2ccc(S)c(F)c2s1. The van der Waals surface area contributed by atoms with Gasteiger partial charge in [0.05, 0.1) is 17.2 Å². The number of nitriles is 1. The Bertz CT molecular complexity index is 525. The number of halogens is 1. The molecule has 0 atom stereocenters. The second kappa shape index (κ2) is 3.60. The van der Waals surface area contributed by atoms with Gasteiger partial charge in [0.15, 0.2) is 5.82 Å². The van der Waals surface area contributed by atoms with Crippen LogP contribution in [0, 0.1) is 17.1 Å². The summed E-state index contributed by atoms with van der Waals surface area (Å²) in [7, 11) is 0. The Hall–Kier alpha value is -1.05. The number of fused-ring (bicyclic) bond motifs is 1. The molecular formula is C10H6FNS2. The van der Waals surface area contributed by atoms with Crippen LogP contribution in [0.3, 0.4) is 0 Å². The highest BCUT2D eigenvalue weighted by Crippen LogP contribution is 2.31. The van der Waals surface area contributed by atoms with E-state index in [-0.39, 0.29) is 5.82 Å². The van der Waals surface area contributed by atoms with E-state index in [4.69, 9.17) is 5.26 Å². The van der Waals surface area contributed by atoms with Crippen molar-refractivity contribution in [1.82, 2.24) is 0 Å². The molecule has 0 amide bonds. The molecule has 0 N–H and O–H groups in total. The topological polar surface area (TPSA) is 23.8 Å². The van der Waals surface area contributed by atoms with Crippen LogP contribution in [0.5, 0.6) is 0 Å². The van der Waals surface area contributed by atoms with Crippen molar-refractivity contribution >= 4 is 34.1 Å². The van der Waals surface area contributed by atoms with Crippen LogP contribution in [0.1, 0.15) is 4.88 Å². The lowest BCUT2D eigenvalue weighted by Gasteiger charge is -1.94. The van der Waals surface area contributed by atoms with Gasteiger partial charge in [-0.1, -0.05) is 6.07 Å². The standard InChI is InChI=1S/C10H6FNS2/c11-9-8(13)2-1-6-5-7(3-4-12)14-10(6)9/h1-2,5,13H,3H2. The molecule has 0 aliphatic carbocycles. The van der Waals surface area contributed by atoms with Crippen LogP contribution in [0.25, 0.3) is 10.1 Å². The summed E-state index contributed by atoms with van der Waals surface area (Å²) in [5, 5.41) is 9.36. The molecule has 1 heterocycles. The quantitative estimate of drug-likeness (QED) is 0.736. The molecule has 0 aliphatic rings. The van der Waals surface area contributed by atoms with Gasteiger partial charge in [0.2, 0.25) is 0 Å². The molecule has 0 aliphatic heterocycles. The highest BCUT2D eigenvalue weighted by Gasteiger charge is 2.08. The monoisotopic (exact) mass is 223 g/mol. The van der Waals surface area contributed by atoms with E-state index in [2.05, 4.69) is 12.6 Å². The van der Waals surface area contributed by atoms with Crippen LogP contribution in [0.15, 0.2) is 23.1 Å². The lowest BCUT2D eigenvalue weighted by Crippen LogP contribution is -1.75. The van der Waals surface area contributed by atoms with Gasteiger partial charge in [-0.05, 0) is 17.5 Å². The molecule has 4 heteroatoms. The Morgan fingerprint density at radius 3 is 3.00 bits per heavy atom. The summed E-state index contributed by atoms with van der Waals surface area (Å²) in [4.78, 5) is 1.24. The molecule has 70 valence electrons. The van der Waals surface area contributed by atoms with E-state index in [1.165, 1.54) is 11.3 Å². The molecular weight excluding hydrogens is 217 g/mol. The first-order chi connectivity index (χ1) is 6.72. The molecule has 1 nitrogen and oxygen atoms in total. The fourth-order valence-corrected chi connectivity index (χ4v) is 2.57. The smallest absolute Gasteiger partial charge is 0.154 e. The van der Waals surface area contributed by atoms with E-state index in [0.29, 0.717) is 16.0 Å². The Kier molecular flexibility index (Phi) is 2.44. The molecule has 2 aromatic rings. The summed E-state index contributed by atoms with van der Waals surface area (Å²) < 4.78 is 14.1. The Morgan fingerprint density at radius 2 is 2.29 bits per heavy atom. The van der Waals surface area contributed by atoms with Crippen molar-refractivity contribution in [1.29, 1.82) is 5.26 Å². The van der Waals surface area contributed by atoms with Gasteiger partial charge in [-0.3, -0.25) is 0 Å². The van der Waals surface area contributed by atoms with Gasteiger partial charge in [-0.15, -0.1) is 24.0 Å². The number of thiol groups is 1. The van der Waals surface area contributed by atoms with Crippen molar-refractivity contribution < 1.29 is 4.39 Å². The maximum Gasteiger partial charge on any atom is 0.154 e. The highest BCUT2D eigenvalue weighted by atomic mass is 32.1. The van der Waals surface area contributed by atoms with E-state index >= 15 is 0 Å². The second-order valence-corrected chi connectivity index (χ2v) is 4.48. The highest BCUT2D eigenvalue weighted by molar-refractivity contribution is 7.80. The summed E-state index contributed by atoms with van der Waals surface area (Å²) in [6.45, 7) is 0. The van der Waals surface area contributed by atoms with Crippen LogP contribution in [-0.4, -0.2) is 0 Å². The molecule has 0 saturated heterocycles. The fraction of sp³-hybridized carbons (Fsp3) is 0.100. The number of thiophene rings is 1. The van der Waals surface area contributed by atoms with E-state index in [1.807, 2.05) is 18.2 Å². The average Bonchev–Trinajstić information content (AvgIpc) is 2.56. The molecule has 0 spiro atoms. The van der Waals surface area contributed by atoms with Crippen molar-refractivity contribution in [3.05, 3.63) is 28.9 Å². The summed E-state index contributed by atoms with van der Waals surface area (Å²) >= 11 is 5.32. The zero-order valence-corrected chi connectivity index (χ0v) is 8.83. The number of hydrogen-bond acceptors (Lipinski definition) is 3. The van der Waals surface area contributed by atoms with E-state index in [0.717, 1.165) is 10.3 Å². The van der Waals surface area contributed by atoms with Crippen molar-refractivity contribution in [2.24, 2.45) is 0 Å². The van der Waals surface area contributed by atoms with Gasteiger partial charge < -0.3 is 0 Å². The lowest BCUT2D eigenvalue weighted by molar-refractivity contribution is 0.617. The normalized spacial score (nSPS) is 10.4. The zero-order valence-electron chi connectivity index (χ0n) is 7.12. The van der Waals surface area contributed by atoms with Gasteiger partial charge in [-0.2, -0.15) is 5.26 Å². The van der Waals surface area contributed by atoms with Crippen LogP contribution in [0.4, 0.5) is 4.39 Å². The number of benzene rings is 1. The van der Waals surface area contributed by atoms with Crippen molar-refractivity contribution in [2.45, 2.75) is 11.3 Å². The number of nitrogens with zero attached hydrogens (tertiary/aromatic N) is 1. The minimum atomic E-state index is -0.292. The number of hydrogen-bond donors (Lipinski definition) is 1. The second-order valence-electron chi connectivity index (χ2n) is 2.86. The average molecular weight is 223 g/mol. The molecule has 14 heavy (non-hydrogen) atoms. The van der Waals surface area contributed by atoms with E-state index in [1.54, 1.807) is 6.07 Å². The summed E-state index contributed by atoms with van der Waals surface area (Å²) in [5.41, 5.74) is 0. The van der Waals surface area contributed by atoms with E-state index in [9.17, 15) is 4.39 Å². The third kappa shape index (κ3) is 1.49. The molecule has 0 unspecified atom stereocenters. The predicted molar refractivity (Wildman–Crippen MR) is 58.4 cm³/mol. The van der Waals surface area contributed by atoms with E-state index < -0.39 is 0 Å². The van der Waals surface area contributed by atoms with Crippen LogP contribution in [-0.2, 0) is 6.42 Å². The Labute approximate surface area is 90.2 Å². The molecule has 0 radical (unpaired) electrons. The van der Waals surface area contributed by atoms with Gasteiger partial charge in [0.1, 0.15) is 0 Å². The minimum absolute atomic E-state index is 0.292. The van der Waals surface area contributed by atoms with Crippen LogP contribution >= 0.6 is 24.0 Å². The van der Waals surface area contributed by atoms with Gasteiger partial charge in [0, 0.05) is 9.77 Å². The first-order valence-corrected chi connectivity index (χ1v) is 5.25. The Balaban J connectivity index is 2.66. The summed E-state index contributed by atoms with van der Waals surface area (Å²) in [6, 6.07) is 7.34. The van der Waals surface area contributed by atoms with Crippen molar-refractivity contribution in [2.75, 3.05) is 0 Å². The van der Waals surface area contributed by atoms with Crippen molar-refractivity contribution in [3.63, 3.8) is 0 Å². The van der Waals surface area contributed by atoms with Gasteiger partial charge in [0.25, 0.3) is 0 Å². The minimum Gasteiger partial charge on any atom is -0.204 e. The van der Waals surface area contributed by atoms with Gasteiger partial charge >= 0.3 is 0 Å². The zero-order chi connectivity index (χ0) is 10.1. The van der Waals surface area contributed by atoms with Crippen LogP contribution in [0.2, 0.25) is 0 Å². The number of rotatable bonds is 1. The predicted octanol–water partition coefficient (Wildman–Crippen LogP) is 3.40. The molecule has 1 aromatic carbocycles. The largest absolute Gasteiger partial charge is 0.204 e. The first kappa shape index (κ1) is 9.50. The summed E-state index contributed by atoms with van der Waals surface area (Å²) in [5.74, 6) is -0.292. The molecule has 0 fully saturated rings. The third-order valence-electron chi connectivity index (χ3n) is 1.91. The maximum atomic E-state index is 13.5. The molecule has 2 rings (SSSR count). The van der Waals surface area contributed by atoms with Crippen molar-refractivity contribution in [3.8, 4) is 6.07 Å². The fourth-order valence-electron chi connectivity index (χ4n) is 1.28. The Morgan fingerprint density at radius 1 is 1.50 bits per heavy atom. The first-order valence-electron chi connectivity index (χ1n) is 3.99. The molecule has 0 saturated carbocycles. The van der Waals surface area contributed by atoms with Crippen LogP contribution < -0.4 is 0 Å². The third-order valence-corrected chi connectivity index (χ3v) is 3.40.